The first-order valence-corrected chi connectivity index (χ1v) is 7.30. The first-order valence-electron chi connectivity index (χ1n) is 7.30. The zero-order chi connectivity index (χ0) is 16.6. The van der Waals surface area contributed by atoms with E-state index in [1.165, 1.54) is 12.1 Å². The summed E-state index contributed by atoms with van der Waals surface area (Å²) < 4.78 is 27.4. The number of rotatable bonds is 3. The van der Waals surface area contributed by atoms with Crippen molar-refractivity contribution < 1.29 is 8.78 Å². The van der Waals surface area contributed by atoms with Gasteiger partial charge in [0.25, 0.3) is 0 Å². The van der Waals surface area contributed by atoms with Gasteiger partial charge in [0.05, 0.1) is 5.56 Å². The molecule has 1 atom stereocenters. The van der Waals surface area contributed by atoms with Crippen LogP contribution in [0.5, 0.6) is 0 Å². The van der Waals surface area contributed by atoms with Gasteiger partial charge in [-0.1, -0.05) is 0 Å². The first-order chi connectivity index (χ1) is 11.0. The number of nitrogens with zero attached hydrogens (tertiary/aromatic N) is 3. The first kappa shape index (κ1) is 15.4. The van der Waals surface area contributed by atoms with Crippen LogP contribution in [-0.2, 0) is 0 Å². The lowest BCUT2D eigenvalue weighted by atomic mass is 10.1. The van der Waals surface area contributed by atoms with E-state index in [-0.39, 0.29) is 17.3 Å². The third kappa shape index (κ3) is 2.89. The smallest absolute Gasteiger partial charge is 0.223 e. The van der Waals surface area contributed by atoms with Gasteiger partial charge in [-0.2, -0.15) is 9.97 Å². The molecule has 0 amide bonds. The van der Waals surface area contributed by atoms with Crippen LogP contribution in [0.4, 0.5) is 26.4 Å². The molecular formula is C15H18F2N6. The fourth-order valence-electron chi connectivity index (χ4n) is 2.85. The highest BCUT2D eigenvalue weighted by Crippen LogP contribution is 2.37. The Morgan fingerprint density at radius 1 is 1.26 bits per heavy atom. The van der Waals surface area contributed by atoms with E-state index >= 15 is 0 Å². The van der Waals surface area contributed by atoms with Crippen molar-refractivity contribution >= 4 is 17.6 Å². The second-order valence-corrected chi connectivity index (χ2v) is 5.51. The van der Waals surface area contributed by atoms with Gasteiger partial charge >= 0.3 is 0 Å². The fourth-order valence-corrected chi connectivity index (χ4v) is 2.85. The predicted octanol–water partition coefficient (Wildman–Crippen LogP) is 1.38. The maximum absolute atomic E-state index is 14.2. The minimum Gasteiger partial charge on any atom is -0.383 e. The zero-order valence-electron chi connectivity index (χ0n) is 12.7. The second-order valence-electron chi connectivity index (χ2n) is 5.51. The van der Waals surface area contributed by atoms with E-state index < -0.39 is 11.6 Å². The van der Waals surface area contributed by atoms with Gasteiger partial charge < -0.3 is 21.7 Å². The molecule has 1 aliphatic heterocycles. The Kier molecular flexibility index (Phi) is 3.99. The summed E-state index contributed by atoms with van der Waals surface area (Å²) in [5.74, 6) is -0.796. The maximum atomic E-state index is 14.2. The number of likely N-dealkylation sites (N-methyl/N-ethyl adjacent to an activating group) is 1. The number of nitrogens with one attached hydrogen (secondary N) is 1. The van der Waals surface area contributed by atoms with Crippen molar-refractivity contribution in [2.75, 3.05) is 36.5 Å². The van der Waals surface area contributed by atoms with Gasteiger partial charge in [-0.3, -0.25) is 0 Å². The summed E-state index contributed by atoms with van der Waals surface area (Å²) in [5.41, 5.74) is 12.2. The standard InChI is InChI=1S/C15H18F2N6/c1-20-9-4-5-23(7-9)14-12(13(18)21-15(19)22-14)10-3-2-8(16)6-11(10)17/h2-3,6,9,20H,4-5,7H2,1H3,(H4,18,19,21,22)/t9-/m1/s1. The lowest BCUT2D eigenvalue weighted by Gasteiger charge is -2.22. The van der Waals surface area contributed by atoms with Gasteiger partial charge in [-0.15, -0.1) is 0 Å². The van der Waals surface area contributed by atoms with Crippen LogP contribution in [0.2, 0.25) is 0 Å². The van der Waals surface area contributed by atoms with Gasteiger partial charge in [0.15, 0.2) is 0 Å². The molecule has 0 saturated carbocycles. The molecule has 0 bridgehead atoms. The monoisotopic (exact) mass is 320 g/mol. The highest BCUT2D eigenvalue weighted by atomic mass is 19.1. The van der Waals surface area contributed by atoms with E-state index in [0.717, 1.165) is 19.0 Å². The molecule has 1 aromatic heterocycles. The van der Waals surface area contributed by atoms with E-state index in [2.05, 4.69) is 15.3 Å². The van der Waals surface area contributed by atoms with Crippen molar-refractivity contribution in [3.8, 4) is 11.1 Å². The van der Waals surface area contributed by atoms with E-state index in [9.17, 15) is 8.78 Å². The number of nitrogens with two attached hydrogens (primary N) is 2. The Balaban J connectivity index is 2.12. The van der Waals surface area contributed by atoms with Crippen molar-refractivity contribution in [1.29, 1.82) is 0 Å². The average molecular weight is 320 g/mol. The summed E-state index contributed by atoms with van der Waals surface area (Å²) in [6.45, 7) is 1.43. The number of hydrogen-bond acceptors (Lipinski definition) is 6. The van der Waals surface area contributed by atoms with E-state index in [1.807, 2.05) is 11.9 Å². The van der Waals surface area contributed by atoms with Crippen molar-refractivity contribution in [3.05, 3.63) is 29.8 Å². The molecule has 0 radical (unpaired) electrons. The molecule has 1 fully saturated rings. The zero-order valence-corrected chi connectivity index (χ0v) is 12.7. The Bertz CT molecular complexity index is 736. The molecule has 5 N–H and O–H groups in total. The molecule has 1 saturated heterocycles. The summed E-state index contributed by atoms with van der Waals surface area (Å²) in [5, 5.41) is 3.20. The number of anilines is 3. The van der Waals surface area contributed by atoms with E-state index in [0.29, 0.717) is 24.0 Å². The number of benzene rings is 1. The molecule has 1 aliphatic rings. The van der Waals surface area contributed by atoms with Gasteiger partial charge in [0.1, 0.15) is 23.3 Å². The third-order valence-electron chi connectivity index (χ3n) is 4.03. The molecule has 2 heterocycles. The average Bonchev–Trinajstić information content (AvgIpc) is 2.96. The maximum Gasteiger partial charge on any atom is 0.223 e. The Hall–Kier alpha value is -2.48. The number of aromatic nitrogens is 2. The number of nitrogen functional groups attached to an aromatic ring is 2. The van der Waals surface area contributed by atoms with Gasteiger partial charge in [0, 0.05) is 30.8 Å². The summed E-state index contributed by atoms with van der Waals surface area (Å²) in [7, 11) is 1.89. The second kappa shape index (κ2) is 5.96. The lowest BCUT2D eigenvalue weighted by Crippen LogP contribution is -2.30. The summed E-state index contributed by atoms with van der Waals surface area (Å²) in [4.78, 5) is 10.2. The summed E-state index contributed by atoms with van der Waals surface area (Å²) in [6, 6.07) is 3.64. The Labute approximate surface area is 132 Å². The molecule has 0 aliphatic carbocycles. The van der Waals surface area contributed by atoms with Crippen LogP contribution in [0.1, 0.15) is 6.42 Å². The fraction of sp³-hybridized carbons (Fsp3) is 0.333. The molecule has 122 valence electrons. The van der Waals surface area contributed by atoms with Crippen molar-refractivity contribution in [2.24, 2.45) is 0 Å². The number of hydrogen-bond donors (Lipinski definition) is 3. The van der Waals surface area contributed by atoms with Crippen molar-refractivity contribution in [3.63, 3.8) is 0 Å². The van der Waals surface area contributed by atoms with Gasteiger partial charge in [-0.05, 0) is 25.6 Å². The largest absolute Gasteiger partial charge is 0.383 e. The normalized spacial score (nSPS) is 17.7. The highest BCUT2D eigenvalue weighted by Gasteiger charge is 2.27. The predicted molar refractivity (Wildman–Crippen MR) is 85.9 cm³/mol. The molecule has 6 nitrogen and oxygen atoms in total. The molecule has 0 spiro atoms. The lowest BCUT2D eigenvalue weighted by molar-refractivity contribution is 0.585. The Morgan fingerprint density at radius 2 is 2.04 bits per heavy atom. The Morgan fingerprint density at radius 3 is 2.70 bits per heavy atom. The number of halogens is 2. The summed E-state index contributed by atoms with van der Waals surface area (Å²) in [6.07, 6.45) is 0.922. The molecule has 0 unspecified atom stereocenters. The highest BCUT2D eigenvalue weighted by molar-refractivity contribution is 5.85. The van der Waals surface area contributed by atoms with Crippen molar-refractivity contribution in [2.45, 2.75) is 12.5 Å². The minimum absolute atomic E-state index is 0.0247. The van der Waals surface area contributed by atoms with E-state index in [4.69, 9.17) is 11.5 Å². The van der Waals surface area contributed by atoms with Gasteiger partial charge in [-0.25, -0.2) is 8.78 Å². The molecule has 1 aromatic carbocycles. The quantitative estimate of drug-likeness (QED) is 0.791. The molecular weight excluding hydrogens is 302 g/mol. The van der Waals surface area contributed by atoms with Crippen LogP contribution >= 0.6 is 0 Å². The topological polar surface area (TPSA) is 93.1 Å². The molecule has 8 heteroatoms. The summed E-state index contributed by atoms with van der Waals surface area (Å²) >= 11 is 0. The van der Waals surface area contributed by atoms with Crippen LogP contribution in [0.15, 0.2) is 18.2 Å². The van der Waals surface area contributed by atoms with E-state index in [1.54, 1.807) is 0 Å². The van der Waals surface area contributed by atoms with Crippen molar-refractivity contribution in [1.82, 2.24) is 15.3 Å². The van der Waals surface area contributed by atoms with Crippen LogP contribution in [0.25, 0.3) is 11.1 Å². The minimum atomic E-state index is -0.712. The SMILES string of the molecule is CN[C@@H]1CCN(c2nc(N)nc(N)c2-c2ccc(F)cc2F)C1. The van der Waals surface area contributed by atoms with Crippen LogP contribution in [0, 0.1) is 11.6 Å². The van der Waals surface area contributed by atoms with Crippen LogP contribution in [-0.4, -0.2) is 36.1 Å². The molecule has 23 heavy (non-hydrogen) atoms. The van der Waals surface area contributed by atoms with Crippen LogP contribution in [0.3, 0.4) is 0 Å². The molecule has 3 rings (SSSR count). The molecule has 2 aromatic rings. The third-order valence-corrected chi connectivity index (χ3v) is 4.03. The van der Waals surface area contributed by atoms with Gasteiger partial charge in [0.2, 0.25) is 5.95 Å². The van der Waals surface area contributed by atoms with Crippen LogP contribution < -0.4 is 21.7 Å².